The Morgan fingerprint density at radius 2 is 1.95 bits per heavy atom. The van der Waals surface area contributed by atoms with Gasteiger partial charge in [-0.2, -0.15) is 0 Å². The lowest BCUT2D eigenvalue weighted by atomic mass is 9.95. The predicted octanol–water partition coefficient (Wildman–Crippen LogP) is 4.58. The zero-order chi connectivity index (χ0) is 15.0. The van der Waals surface area contributed by atoms with Gasteiger partial charge >= 0.3 is 0 Å². The smallest absolute Gasteiger partial charge is 0.0900 e. The molecule has 0 unspecified atom stereocenters. The molecule has 0 radical (unpaired) electrons. The lowest BCUT2D eigenvalue weighted by molar-refractivity contribution is 0.215. The molecule has 112 valence electrons. The van der Waals surface area contributed by atoms with Gasteiger partial charge in [0.1, 0.15) is 0 Å². The second-order valence-electron chi connectivity index (χ2n) is 6.24. The molecule has 0 fully saturated rings. The van der Waals surface area contributed by atoms with E-state index in [0.717, 1.165) is 13.0 Å². The largest absolute Gasteiger partial charge is 0.294 e. The van der Waals surface area contributed by atoms with Gasteiger partial charge in [-0.05, 0) is 63.8 Å². The van der Waals surface area contributed by atoms with Crippen molar-refractivity contribution in [1.29, 1.82) is 0 Å². The molecule has 0 saturated heterocycles. The molecule has 2 nitrogen and oxygen atoms in total. The van der Waals surface area contributed by atoms with Crippen molar-refractivity contribution in [1.82, 2.24) is 9.88 Å². The molecule has 3 heteroatoms. The molecule has 0 saturated carbocycles. The molecule has 2 aromatic rings. The molecular weight excluding hydrogens is 276 g/mol. The lowest BCUT2D eigenvalue weighted by Gasteiger charge is -2.31. The maximum atomic E-state index is 4.72. The van der Waals surface area contributed by atoms with E-state index in [9.17, 15) is 0 Å². The highest BCUT2D eigenvalue weighted by atomic mass is 32.1. The van der Waals surface area contributed by atoms with Crippen molar-refractivity contribution in [2.24, 2.45) is 0 Å². The molecule has 1 aromatic heterocycles. The first-order valence-electron chi connectivity index (χ1n) is 7.78. The molecule has 1 aliphatic carbocycles. The lowest BCUT2D eigenvalue weighted by Crippen LogP contribution is -2.27. The average Bonchev–Trinajstić information content (AvgIpc) is 2.82. The summed E-state index contributed by atoms with van der Waals surface area (Å²) in [5, 5.41) is 1.22. The first-order valence-corrected chi connectivity index (χ1v) is 8.59. The maximum Gasteiger partial charge on any atom is 0.0900 e. The number of hydrogen-bond donors (Lipinski definition) is 0. The molecule has 1 heterocycles. The fourth-order valence-corrected chi connectivity index (χ4v) is 4.57. The molecule has 0 aliphatic heterocycles. The van der Waals surface area contributed by atoms with Gasteiger partial charge in [-0.3, -0.25) is 4.90 Å². The highest BCUT2D eigenvalue weighted by Crippen LogP contribution is 2.38. The molecule has 0 spiro atoms. The quantitative estimate of drug-likeness (QED) is 0.825. The molecular formula is C18H24N2S. The number of fused-ring (bicyclic) bond motifs is 1. The summed E-state index contributed by atoms with van der Waals surface area (Å²) < 4.78 is 0. The summed E-state index contributed by atoms with van der Waals surface area (Å²) in [6, 6.07) is 7.14. The minimum atomic E-state index is 0.541. The van der Waals surface area contributed by atoms with Crippen LogP contribution in [0.15, 0.2) is 18.2 Å². The summed E-state index contributed by atoms with van der Waals surface area (Å²) in [5.74, 6) is 0. The summed E-state index contributed by atoms with van der Waals surface area (Å²) >= 11 is 1.89. The minimum absolute atomic E-state index is 0.541. The van der Waals surface area contributed by atoms with E-state index in [2.05, 4.69) is 50.9 Å². The Balaban J connectivity index is 1.85. The number of benzene rings is 1. The highest BCUT2D eigenvalue weighted by molar-refractivity contribution is 7.11. The third-order valence-electron chi connectivity index (χ3n) is 4.61. The minimum Gasteiger partial charge on any atom is -0.294 e. The van der Waals surface area contributed by atoms with E-state index in [1.54, 1.807) is 0 Å². The van der Waals surface area contributed by atoms with E-state index in [1.807, 2.05) is 11.3 Å². The number of aromatic nitrogens is 1. The second-order valence-corrected chi connectivity index (χ2v) is 7.47. The van der Waals surface area contributed by atoms with E-state index in [4.69, 9.17) is 4.98 Å². The fraction of sp³-hybridized carbons (Fsp3) is 0.500. The van der Waals surface area contributed by atoms with Crippen molar-refractivity contribution in [3.63, 3.8) is 0 Å². The average molecular weight is 300 g/mol. The third kappa shape index (κ3) is 2.90. The highest BCUT2D eigenvalue weighted by Gasteiger charge is 2.27. The molecule has 3 rings (SSSR count). The van der Waals surface area contributed by atoms with Crippen molar-refractivity contribution < 1.29 is 0 Å². The first-order chi connectivity index (χ1) is 10.1. The van der Waals surface area contributed by atoms with Gasteiger partial charge in [0.25, 0.3) is 0 Å². The zero-order valence-electron chi connectivity index (χ0n) is 13.4. The van der Waals surface area contributed by atoms with Gasteiger partial charge in [-0.15, -0.1) is 11.3 Å². The van der Waals surface area contributed by atoms with Crippen LogP contribution in [0.5, 0.6) is 0 Å². The van der Waals surface area contributed by atoms with Gasteiger partial charge in [0.2, 0.25) is 0 Å². The van der Waals surface area contributed by atoms with Crippen LogP contribution in [0.4, 0.5) is 0 Å². The van der Waals surface area contributed by atoms with Crippen molar-refractivity contribution in [2.75, 3.05) is 7.05 Å². The van der Waals surface area contributed by atoms with Crippen LogP contribution in [0, 0.1) is 20.8 Å². The molecule has 0 amide bonds. The van der Waals surface area contributed by atoms with Gasteiger partial charge in [0.15, 0.2) is 0 Å². The summed E-state index contributed by atoms with van der Waals surface area (Å²) in [6.45, 7) is 7.60. The van der Waals surface area contributed by atoms with Crippen LogP contribution >= 0.6 is 11.3 Å². The molecule has 21 heavy (non-hydrogen) atoms. The zero-order valence-corrected chi connectivity index (χ0v) is 14.3. The summed E-state index contributed by atoms with van der Waals surface area (Å²) in [6.07, 6.45) is 3.68. The van der Waals surface area contributed by atoms with Crippen molar-refractivity contribution >= 4 is 11.3 Å². The standard InChI is InChI=1S/C18H24N2S/c1-12-7-5-8-13(2)15(12)11-20(4)17-10-6-9-16-18(17)21-14(3)19-16/h5,7-8,17H,6,9-11H2,1-4H3/t17-/m0/s1. The Morgan fingerprint density at radius 3 is 2.67 bits per heavy atom. The Hall–Kier alpha value is -1.19. The number of hydrogen-bond acceptors (Lipinski definition) is 3. The first kappa shape index (κ1) is 14.7. The summed E-state index contributed by atoms with van der Waals surface area (Å²) in [7, 11) is 2.26. The molecule has 1 atom stereocenters. The molecule has 1 aliphatic rings. The Morgan fingerprint density at radius 1 is 1.24 bits per heavy atom. The van der Waals surface area contributed by atoms with Crippen LogP contribution in [0.1, 0.15) is 51.2 Å². The van der Waals surface area contributed by atoms with Crippen molar-refractivity contribution in [2.45, 2.75) is 52.6 Å². The SMILES string of the molecule is Cc1nc2c(s1)[C@@H](N(C)Cc1c(C)cccc1C)CCC2. The third-order valence-corrected chi connectivity index (χ3v) is 5.73. The van der Waals surface area contributed by atoms with Crippen molar-refractivity contribution in [3.8, 4) is 0 Å². The topological polar surface area (TPSA) is 16.1 Å². The second kappa shape index (κ2) is 5.90. The fourth-order valence-electron chi connectivity index (χ4n) is 3.40. The van der Waals surface area contributed by atoms with Crippen molar-refractivity contribution in [3.05, 3.63) is 50.5 Å². The van der Waals surface area contributed by atoms with Crippen LogP contribution in [-0.4, -0.2) is 16.9 Å². The van der Waals surface area contributed by atoms with E-state index >= 15 is 0 Å². The van der Waals surface area contributed by atoms with Crippen LogP contribution in [0.25, 0.3) is 0 Å². The Kier molecular flexibility index (Phi) is 4.14. The van der Waals surface area contributed by atoms with Crippen LogP contribution in [0.2, 0.25) is 0 Å². The Bertz CT molecular complexity index is 624. The Labute approximate surface area is 131 Å². The van der Waals surface area contributed by atoms with E-state index in [0.29, 0.717) is 6.04 Å². The number of aryl methyl sites for hydroxylation is 4. The van der Waals surface area contributed by atoms with Gasteiger partial charge in [0.05, 0.1) is 10.7 Å². The summed E-state index contributed by atoms with van der Waals surface area (Å²) in [4.78, 5) is 8.74. The van der Waals surface area contributed by atoms with Gasteiger partial charge in [-0.1, -0.05) is 18.2 Å². The maximum absolute atomic E-state index is 4.72. The van der Waals surface area contributed by atoms with Gasteiger partial charge in [0, 0.05) is 17.5 Å². The number of rotatable bonds is 3. The molecule has 0 bridgehead atoms. The predicted molar refractivity (Wildman–Crippen MR) is 89.9 cm³/mol. The van der Waals surface area contributed by atoms with Gasteiger partial charge < -0.3 is 0 Å². The molecule has 0 N–H and O–H groups in total. The number of thiazole rings is 1. The van der Waals surface area contributed by atoms with Crippen LogP contribution in [0.3, 0.4) is 0 Å². The van der Waals surface area contributed by atoms with E-state index < -0.39 is 0 Å². The number of nitrogens with zero attached hydrogens (tertiary/aromatic N) is 2. The van der Waals surface area contributed by atoms with E-state index in [-0.39, 0.29) is 0 Å². The van der Waals surface area contributed by atoms with E-state index in [1.165, 1.54) is 45.1 Å². The monoisotopic (exact) mass is 300 g/mol. The van der Waals surface area contributed by atoms with Gasteiger partial charge in [-0.25, -0.2) is 4.98 Å². The van der Waals surface area contributed by atoms with Crippen LogP contribution in [-0.2, 0) is 13.0 Å². The normalized spacial score (nSPS) is 18.0. The van der Waals surface area contributed by atoms with Crippen LogP contribution < -0.4 is 0 Å². The summed E-state index contributed by atoms with van der Waals surface area (Å²) in [5.41, 5.74) is 5.63. The molecule has 1 aromatic carbocycles.